The van der Waals surface area contributed by atoms with E-state index in [0.29, 0.717) is 5.75 Å². The summed E-state index contributed by atoms with van der Waals surface area (Å²) in [5.74, 6) is -1.39. The van der Waals surface area contributed by atoms with Crippen molar-refractivity contribution in [2.24, 2.45) is 5.92 Å². The molecule has 6 nitrogen and oxygen atoms in total. The number of carboxylic acid groups (broad SMARTS) is 1. The molecule has 0 spiro atoms. The Bertz CT molecular complexity index is 333. The summed E-state index contributed by atoms with van der Waals surface area (Å²) < 4.78 is 4.98. The first-order valence-corrected chi connectivity index (χ1v) is 6.16. The first-order valence-electron chi connectivity index (χ1n) is 5.18. The molecule has 0 aromatic heterocycles. The first kappa shape index (κ1) is 14.0. The fraction of sp³-hybridized carbons (Fsp3) is 0.700. The Morgan fingerprint density at radius 2 is 2.18 bits per heavy atom. The predicted octanol–water partition coefficient (Wildman–Crippen LogP) is 0.172. The quantitative estimate of drug-likeness (QED) is 0.776. The van der Waals surface area contributed by atoms with Gasteiger partial charge in [0.05, 0.1) is 6.61 Å². The molecule has 0 radical (unpaired) electrons. The van der Waals surface area contributed by atoms with Gasteiger partial charge >= 0.3 is 5.97 Å². The largest absolute Gasteiger partial charge is 0.480 e. The number of carbonyl (C=O) groups is 3. The Balaban J connectivity index is 2.56. The van der Waals surface area contributed by atoms with Crippen molar-refractivity contribution < 1.29 is 24.2 Å². The summed E-state index contributed by atoms with van der Waals surface area (Å²) in [6.45, 7) is 3.13. The lowest BCUT2D eigenvalue weighted by Crippen LogP contribution is -2.44. The van der Waals surface area contributed by atoms with Crippen molar-refractivity contribution in [2.45, 2.75) is 19.9 Å². The molecule has 0 bridgehead atoms. The molecule has 0 aromatic carbocycles. The number of hydrogen-bond donors (Lipinski definition) is 1. The van der Waals surface area contributed by atoms with E-state index in [2.05, 4.69) is 0 Å². The molecule has 1 rings (SSSR count). The average molecular weight is 261 g/mol. The lowest BCUT2D eigenvalue weighted by molar-refractivity contribution is -0.149. The van der Waals surface area contributed by atoms with Crippen molar-refractivity contribution in [1.82, 2.24) is 4.90 Å². The van der Waals surface area contributed by atoms with E-state index < -0.39 is 17.9 Å². The smallest absolute Gasteiger partial charge is 0.328 e. The highest BCUT2D eigenvalue weighted by Gasteiger charge is 2.36. The van der Waals surface area contributed by atoms with E-state index in [1.165, 1.54) is 11.8 Å². The minimum Gasteiger partial charge on any atom is -0.480 e. The van der Waals surface area contributed by atoms with Crippen LogP contribution < -0.4 is 0 Å². The van der Waals surface area contributed by atoms with E-state index >= 15 is 0 Å². The molecule has 0 aliphatic carbocycles. The second-order valence-electron chi connectivity index (χ2n) is 3.87. The van der Waals surface area contributed by atoms with E-state index in [4.69, 9.17) is 9.84 Å². The van der Waals surface area contributed by atoms with Crippen LogP contribution in [0.2, 0.25) is 0 Å². The molecule has 1 amide bonds. The zero-order chi connectivity index (χ0) is 13.0. The van der Waals surface area contributed by atoms with Gasteiger partial charge in [0, 0.05) is 18.6 Å². The van der Waals surface area contributed by atoms with Gasteiger partial charge in [0.2, 0.25) is 5.91 Å². The third-order valence-electron chi connectivity index (χ3n) is 2.41. The molecular formula is C10H15NO5S. The van der Waals surface area contributed by atoms with Crippen LogP contribution in [0.4, 0.5) is 0 Å². The zero-order valence-corrected chi connectivity index (χ0v) is 10.5. The summed E-state index contributed by atoms with van der Waals surface area (Å²) in [5.41, 5.74) is 0. The van der Waals surface area contributed by atoms with Crippen LogP contribution in [0.5, 0.6) is 0 Å². The molecule has 0 saturated carbocycles. The number of hydrogen-bond acceptors (Lipinski definition) is 5. The first-order chi connectivity index (χ1) is 7.93. The second kappa shape index (κ2) is 6.02. The maximum absolute atomic E-state index is 11.9. The highest BCUT2D eigenvalue weighted by Crippen LogP contribution is 2.17. The van der Waals surface area contributed by atoms with Gasteiger partial charge in [-0.2, -0.15) is 0 Å². The second-order valence-corrected chi connectivity index (χ2v) is 5.06. The van der Waals surface area contributed by atoms with Gasteiger partial charge in [-0.3, -0.25) is 9.59 Å². The van der Waals surface area contributed by atoms with Gasteiger partial charge in [-0.15, -0.1) is 0 Å². The minimum absolute atomic E-state index is 0.00484. The Hall–Kier alpha value is -1.08. The number of aliphatic carboxylic acids is 1. The number of thioether (sulfide) groups is 1. The van der Waals surface area contributed by atoms with Gasteiger partial charge in [-0.05, 0) is 0 Å². The minimum atomic E-state index is -1.07. The van der Waals surface area contributed by atoms with Crippen molar-refractivity contribution in [3.05, 3.63) is 0 Å². The maximum Gasteiger partial charge on any atom is 0.328 e. The summed E-state index contributed by atoms with van der Waals surface area (Å²) in [4.78, 5) is 34.8. The molecule has 1 aliphatic rings. The highest BCUT2D eigenvalue weighted by atomic mass is 32.2. The van der Waals surface area contributed by atoms with E-state index in [1.807, 2.05) is 0 Å². The molecule has 7 heteroatoms. The molecule has 1 saturated heterocycles. The van der Waals surface area contributed by atoms with Gasteiger partial charge < -0.3 is 14.7 Å². The molecule has 17 heavy (non-hydrogen) atoms. The molecule has 1 heterocycles. The van der Waals surface area contributed by atoms with Crippen LogP contribution >= 0.6 is 11.8 Å². The number of carboxylic acids is 1. The van der Waals surface area contributed by atoms with Gasteiger partial charge in [0.1, 0.15) is 6.73 Å². The summed E-state index contributed by atoms with van der Waals surface area (Å²) in [6.07, 6.45) is 0. The van der Waals surface area contributed by atoms with Crippen LogP contribution in [0.25, 0.3) is 0 Å². The number of ether oxygens (including phenoxy) is 1. The van der Waals surface area contributed by atoms with Gasteiger partial charge in [0.25, 0.3) is 0 Å². The maximum atomic E-state index is 11.9. The Morgan fingerprint density at radius 3 is 2.71 bits per heavy atom. The van der Waals surface area contributed by atoms with Crippen LogP contribution in [-0.2, 0) is 19.1 Å². The van der Waals surface area contributed by atoms with Crippen LogP contribution in [0.1, 0.15) is 13.8 Å². The number of amides is 1. The monoisotopic (exact) mass is 261 g/mol. The van der Waals surface area contributed by atoms with Crippen molar-refractivity contribution >= 4 is 28.8 Å². The van der Waals surface area contributed by atoms with Crippen LogP contribution in [0.3, 0.4) is 0 Å². The van der Waals surface area contributed by atoms with Crippen molar-refractivity contribution in [2.75, 3.05) is 19.1 Å². The van der Waals surface area contributed by atoms with E-state index in [0.717, 1.165) is 11.8 Å². The van der Waals surface area contributed by atoms with Crippen molar-refractivity contribution in [1.29, 1.82) is 0 Å². The Morgan fingerprint density at radius 1 is 1.53 bits per heavy atom. The zero-order valence-electron chi connectivity index (χ0n) is 9.71. The van der Waals surface area contributed by atoms with Gasteiger partial charge in [0.15, 0.2) is 11.2 Å². The molecule has 2 atom stereocenters. The Kier molecular flexibility index (Phi) is 4.95. The fourth-order valence-electron chi connectivity index (χ4n) is 1.46. The fourth-order valence-corrected chi connectivity index (χ4v) is 2.09. The standard InChI is InChI=1S/C10H15NO5S/c1-6(4-17-7(2)12)9(13)11-5-16-3-8(11)10(14)15/h6,8H,3-5H2,1-2H3,(H,14,15)/t6?,8-/m0/s1. The molecular weight excluding hydrogens is 246 g/mol. The van der Waals surface area contributed by atoms with Crippen LogP contribution in [-0.4, -0.2) is 52.1 Å². The number of nitrogens with zero attached hydrogens (tertiary/aromatic N) is 1. The summed E-state index contributed by atoms with van der Waals surface area (Å²) in [6, 6.07) is -0.910. The average Bonchev–Trinajstić information content (AvgIpc) is 2.73. The molecule has 96 valence electrons. The lowest BCUT2D eigenvalue weighted by Gasteiger charge is -2.22. The Labute approximate surface area is 103 Å². The SMILES string of the molecule is CC(=O)SCC(C)C(=O)N1COC[C@H]1C(=O)O. The summed E-state index contributed by atoms with van der Waals surface area (Å²) in [7, 11) is 0. The highest BCUT2D eigenvalue weighted by molar-refractivity contribution is 8.13. The van der Waals surface area contributed by atoms with E-state index in [9.17, 15) is 14.4 Å². The number of rotatable bonds is 4. The molecule has 1 aliphatic heterocycles. The molecule has 0 aromatic rings. The lowest BCUT2D eigenvalue weighted by atomic mass is 10.1. The normalized spacial score (nSPS) is 21.3. The topological polar surface area (TPSA) is 83.9 Å². The third-order valence-corrected chi connectivity index (χ3v) is 3.48. The predicted molar refractivity (Wildman–Crippen MR) is 61.4 cm³/mol. The number of carbonyl (C=O) groups excluding carboxylic acids is 2. The summed E-state index contributed by atoms with van der Waals surface area (Å²) in [5, 5.41) is 8.84. The summed E-state index contributed by atoms with van der Waals surface area (Å²) >= 11 is 1.06. The van der Waals surface area contributed by atoms with Crippen LogP contribution in [0.15, 0.2) is 0 Å². The molecule has 1 fully saturated rings. The van der Waals surface area contributed by atoms with Gasteiger partial charge in [-0.1, -0.05) is 18.7 Å². The third kappa shape index (κ3) is 3.71. The van der Waals surface area contributed by atoms with Crippen molar-refractivity contribution in [3.63, 3.8) is 0 Å². The van der Waals surface area contributed by atoms with E-state index in [1.54, 1.807) is 6.92 Å². The van der Waals surface area contributed by atoms with E-state index in [-0.39, 0.29) is 24.4 Å². The van der Waals surface area contributed by atoms with Crippen molar-refractivity contribution in [3.8, 4) is 0 Å². The van der Waals surface area contributed by atoms with Crippen LogP contribution in [0, 0.1) is 5.92 Å². The van der Waals surface area contributed by atoms with Gasteiger partial charge in [-0.25, -0.2) is 4.79 Å². The molecule has 1 unspecified atom stereocenters. The molecule has 1 N–H and O–H groups in total.